The van der Waals surface area contributed by atoms with E-state index in [-0.39, 0.29) is 0 Å². The first-order valence-electron chi connectivity index (χ1n) is 9.15. The largest absolute Gasteiger partial charge is 0.316 e. The molecule has 0 aromatic heterocycles. The Morgan fingerprint density at radius 3 is 1.95 bits per heavy atom. The van der Waals surface area contributed by atoms with Crippen LogP contribution in [0.25, 0.3) is 0 Å². The van der Waals surface area contributed by atoms with Crippen LogP contribution in [-0.2, 0) is 0 Å². The summed E-state index contributed by atoms with van der Waals surface area (Å²) in [4.78, 5) is 1.39. The summed E-state index contributed by atoms with van der Waals surface area (Å²) in [5.74, 6) is 1.17. The molecular weight excluding hydrogens is 302 g/mol. The van der Waals surface area contributed by atoms with Gasteiger partial charge in [-0.2, -0.15) is 0 Å². The lowest BCUT2D eigenvalue weighted by molar-refractivity contribution is 0.747. The van der Waals surface area contributed by atoms with Gasteiger partial charge in [-0.3, -0.25) is 0 Å². The molecular formula is C19H35NSSi. The lowest BCUT2D eigenvalue weighted by Gasteiger charge is -2.31. The van der Waals surface area contributed by atoms with Crippen LogP contribution in [0.5, 0.6) is 0 Å². The Morgan fingerprint density at radius 2 is 1.41 bits per heavy atom. The van der Waals surface area contributed by atoms with E-state index in [1.807, 2.05) is 11.8 Å². The Bertz CT molecular complexity index is 352. The van der Waals surface area contributed by atoms with E-state index >= 15 is 0 Å². The molecule has 3 heteroatoms. The molecule has 0 saturated carbocycles. The van der Waals surface area contributed by atoms with Crippen molar-refractivity contribution in [3.63, 3.8) is 0 Å². The van der Waals surface area contributed by atoms with Crippen LogP contribution in [0.2, 0.25) is 24.2 Å². The van der Waals surface area contributed by atoms with E-state index < -0.39 is 8.07 Å². The van der Waals surface area contributed by atoms with Gasteiger partial charge in [-0.15, -0.1) is 11.8 Å². The Hall–Kier alpha value is -0.253. The van der Waals surface area contributed by atoms with Gasteiger partial charge in [0.2, 0.25) is 0 Å². The van der Waals surface area contributed by atoms with Crippen molar-refractivity contribution in [2.75, 3.05) is 18.8 Å². The summed E-state index contributed by atoms with van der Waals surface area (Å²) >= 11 is 1.96. The van der Waals surface area contributed by atoms with Crippen molar-refractivity contribution in [1.82, 2.24) is 5.32 Å². The van der Waals surface area contributed by atoms with E-state index in [9.17, 15) is 0 Å². The van der Waals surface area contributed by atoms with Crippen LogP contribution in [0.15, 0.2) is 35.2 Å². The van der Waals surface area contributed by atoms with Gasteiger partial charge in [0.25, 0.3) is 0 Å². The Kier molecular flexibility index (Phi) is 11.0. The Labute approximate surface area is 143 Å². The maximum atomic E-state index is 3.70. The molecule has 0 aliphatic heterocycles. The number of hydrogen-bond acceptors (Lipinski definition) is 2. The average molecular weight is 338 g/mol. The van der Waals surface area contributed by atoms with Crippen LogP contribution >= 0.6 is 11.8 Å². The molecule has 0 saturated heterocycles. The zero-order valence-corrected chi connectivity index (χ0v) is 16.7. The summed E-state index contributed by atoms with van der Waals surface area (Å²) in [6.45, 7) is 9.49. The van der Waals surface area contributed by atoms with Gasteiger partial charge in [0, 0.05) is 17.2 Å². The molecule has 1 rings (SSSR count). The van der Waals surface area contributed by atoms with Gasteiger partial charge in [-0.05, 0) is 24.7 Å². The van der Waals surface area contributed by atoms with Crippen LogP contribution in [-0.4, -0.2) is 26.9 Å². The fourth-order valence-electron chi connectivity index (χ4n) is 3.58. The predicted octanol–water partition coefficient (Wildman–Crippen LogP) is 6.05. The molecule has 0 heterocycles. The van der Waals surface area contributed by atoms with Crippen LogP contribution in [0, 0.1) is 0 Å². The van der Waals surface area contributed by atoms with Gasteiger partial charge >= 0.3 is 0 Å². The van der Waals surface area contributed by atoms with Gasteiger partial charge in [0.15, 0.2) is 0 Å². The minimum atomic E-state index is -0.989. The third-order valence-corrected chi connectivity index (χ3v) is 11.5. The van der Waals surface area contributed by atoms with Crippen molar-refractivity contribution in [1.29, 1.82) is 0 Å². The fraction of sp³-hybridized carbons (Fsp3) is 0.684. The molecule has 22 heavy (non-hydrogen) atoms. The molecule has 1 nitrogen and oxygen atoms in total. The van der Waals surface area contributed by atoms with Crippen molar-refractivity contribution in [2.45, 2.75) is 69.1 Å². The highest BCUT2D eigenvalue weighted by atomic mass is 32.2. The molecule has 0 unspecified atom stereocenters. The standard InChI is InChI=1S/C19H35NSSi/c1-4-15-22(16-5-2,17-6-3)18-13-20-12-14-21-19-10-8-7-9-11-19/h7-11,20H,4-6,12-18H2,1-3H3. The average Bonchev–Trinajstić information content (AvgIpc) is 2.52. The van der Waals surface area contributed by atoms with Crippen molar-refractivity contribution < 1.29 is 0 Å². The Balaban J connectivity index is 2.24. The zero-order valence-electron chi connectivity index (χ0n) is 14.9. The summed E-state index contributed by atoms with van der Waals surface area (Å²) in [5.41, 5.74) is 0. The molecule has 0 aliphatic carbocycles. The van der Waals surface area contributed by atoms with E-state index in [1.54, 1.807) is 0 Å². The van der Waals surface area contributed by atoms with Crippen LogP contribution in [0.4, 0.5) is 0 Å². The first-order valence-corrected chi connectivity index (χ1v) is 13.0. The summed E-state index contributed by atoms with van der Waals surface area (Å²) in [6, 6.07) is 16.8. The van der Waals surface area contributed by atoms with E-state index in [1.165, 1.54) is 60.6 Å². The number of benzene rings is 1. The number of rotatable bonds is 13. The maximum Gasteiger partial charge on any atom is 0.0548 e. The highest BCUT2D eigenvalue weighted by Gasteiger charge is 2.28. The molecule has 1 N–H and O–H groups in total. The monoisotopic (exact) mass is 337 g/mol. The second-order valence-electron chi connectivity index (χ2n) is 6.41. The summed E-state index contributed by atoms with van der Waals surface area (Å²) in [5, 5.41) is 3.70. The van der Waals surface area contributed by atoms with E-state index in [4.69, 9.17) is 0 Å². The Morgan fingerprint density at radius 1 is 0.818 bits per heavy atom. The van der Waals surface area contributed by atoms with Crippen molar-refractivity contribution in [3.05, 3.63) is 30.3 Å². The smallest absolute Gasteiger partial charge is 0.0548 e. The van der Waals surface area contributed by atoms with E-state index in [0.717, 1.165) is 6.54 Å². The molecule has 126 valence electrons. The first-order chi connectivity index (χ1) is 10.8. The third kappa shape index (κ3) is 7.84. The number of hydrogen-bond donors (Lipinski definition) is 1. The molecule has 0 fully saturated rings. The van der Waals surface area contributed by atoms with Crippen molar-refractivity contribution >= 4 is 19.8 Å². The quantitative estimate of drug-likeness (QED) is 0.267. The molecule has 0 bridgehead atoms. The van der Waals surface area contributed by atoms with Gasteiger partial charge in [-0.25, -0.2) is 0 Å². The highest BCUT2D eigenvalue weighted by molar-refractivity contribution is 7.99. The topological polar surface area (TPSA) is 12.0 Å². The fourth-order valence-corrected chi connectivity index (χ4v) is 9.80. The number of nitrogens with one attached hydrogen (secondary N) is 1. The van der Waals surface area contributed by atoms with Crippen LogP contribution < -0.4 is 5.32 Å². The number of thioether (sulfide) groups is 1. The first kappa shape index (κ1) is 19.8. The molecule has 0 aliphatic rings. The second-order valence-corrected chi connectivity index (χ2v) is 12.6. The molecule has 0 amide bonds. The molecule has 0 atom stereocenters. The van der Waals surface area contributed by atoms with Crippen molar-refractivity contribution in [3.8, 4) is 0 Å². The molecule has 0 spiro atoms. The van der Waals surface area contributed by atoms with Crippen LogP contribution in [0.3, 0.4) is 0 Å². The highest BCUT2D eigenvalue weighted by Crippen LogP contribution is 2.29. The SMILES string of the molecule is CCC[Si](CCC)(CCC)CCNCCSc1ccccc1. The second kappa shape index (κ2) is 12.2. The zero-order chi connectivity index (χ0) is 16.1. The van der Waals surface area contributed by atoms with Crippen molar-refractivity contribution in [2.24, 2.45) is 0 Å². The van der Waals surface area contributed by atoms with Gasteiger partial charge in [0.1, 0.15) is 0 Å². The summed E-state index contributed by atoms with van der Waals surface area (Å²) in [6.07, 6.45) is 4.16. The van der Waals surface area contributed by atoms with E-state index in [0.29, 0.717) is 0 Å². The lowest BCUT2D eigenvalue weighted by Crippen LogP contribution is -2.37. The van der Waals surface area contributed by atoms with Gasteiger partial charge in [0.05, 0.1) is 8.07 Å². The molecule has 1 aromatic carbocycles. The van der Waals surface area contributed by atoms with Gasteiger partial charge < -0.3 is 5.32 Å². The summed E-state index contributed by atoms with van der Waals surface area (Å²) < 4.78 is 0. The van der Waals surface area contributed by atoms with Gasteiger partial charge in [-0.1, -0.05) is 76.4 Å². The molecule has 1 aromatic rings. The third-order valence-electron chi connectivity index (χ3n) is 4.46. The minimum Gasteiger partial charge on any atom is -0.316 e. The predicted molar refractivity (Wildman–Crippen MR) is 106 cm³/mol. The minimum absolute atomic E-state index is 0.989. The normalized spacial score (nSPS) is 11.8. The maximum absolute atomic E-state index is 3.70. The summed E-state index contributed by atoms with van der Waals surface area (Å²) in [7, 11) is -0.989. The lowest BCUT2D eigenvalue weighted by atomic mass is 10.4. The molecule has 0 radical (unpaired) electrons. The van der Waals surface area contributed by atoms with Crippen LogP contribution in [0.1, 0.15) is 40.0 Å². The van der Waals surface area contributed by atoms with E-state index in [2.05, 4.69) is 56.4 Å².